The summed E-state index contributed by atoms with van der Waals surface area (Å²) in [5.41, 5.74) is 5.81. The van der Waals surface area contributed by atoms with Crippen molar-refractivity contribution in [2.45, 2.75) is 13.3 Å². The lowest BCUT2D eigenvalue weighted by Crippen LogP contribution is -2.26. The van der Waals surface area contributed by atoms with Crippen LogP contribution in [0.25, 0.3) is 0 Å². The lowest BCUT2D eigenvalue weighted by atomic mass is 10.4. The summed E-state index contributed by atoms with van der Waals surface area (Å²) in [6.45, 7) is 7.09. The Morgan fingerprint density at radius 3 is 2.78 bits per heavy atom. The fourth-order valence-corrected chi connectivity index (χ4v) is 2.48. The van der Waals surface area contributed by atoms with Gasteiger partial charge in [-0.15, -0.1) is 6.58 Å². The normalized spacial score (nSPS) is 10.2. The SMILES string of the molecule is C=CCN(C)C(=O)c1sc(N(C)CCC)nc1N. The summed E-state index contributed by atoms with van der Waals surface area (Å²) in [6.07, 6.45) is 2.70. The van der Waals surface area contributed by atoms with Crippen LogP contribution < -0.4 is 10.6 Å². The predicted octanol–water partition coefficient (Wildman–Crippen LogP) is 1.83. The van der Waals surface area contributed by atoms with E-state index in [9.17, 15) is 4.79 Å². The van der Waals surface area contributed by atoms with Crippen molar-refractivity contribution in [1.82, 2.24) is 9.88 Å². The molecule has 18 heavy (non-hydrogen) atoms. The summed E-state index contributed by atoms with van der Waals surface area (Å²) in [4.78, 5) is 20.4. The zero-order valence-corrected chi connectivity index (χ0v) is 12.0. The van der Waals surface area contributed by atoms with Crippen molar-refractivity contribution < 1.29 is 4.79 Å². The number of nitrogen functional groups attached to an aromatic ring is 1. The Morgan fingerprint density at radius 2 is 2.22 bits per heavy atom. The van der Waals surface area contributed by atoms with Gasteiger partial charge in [-0.2, -0.15) is 0 Å². The van der Waals surface area contributed by atoms with Crippen molar-refractivity contribution in [3.8, 4) is 0 Å². The summed E-state index contributed by atoms with van der Waals surface area (Å²) < 4.78 is 0. The molecule has 2 N–H and O–H groups in total. The highest BCUT2D eigenvalue weighted by atomic mass is 32.1. The third kappa shape index (κ3) is 3.22. The molecule has 0 fully saturated rings. The van der Waals surface area contributed by atoms with E-state index in [0.717, 1.165) is 18.1 Å². The van der Waals surface area contributed by atoms with Crippen LogP contribution in [-0.4, -0.2) is 43.0 Å². The van der Waals surface area contributed by atoms with E-state index in [4.69, 9.17) is 5.73 Å². The van der Waals surface area contributed by atoms with E-state index in [0.29, 0.717) is 17.2 Å². The highest BCUT2D eigenvalue weighted by molar-refractivity contribution is 7.18. The van der Waals surface area contributed by atoms with Crippen molar-refractivity contribution in [3.05, 3.63) is 17.5 Å². The summed E-state index contributed by atoms with van der Waals surface area (Å²) in [6, 6.07) is 0. The number of nitrogens with two attached hydrogens (primary N) is 1. The summed E-state index contributed by atoms with van der Waals surface area (Å²) >= 11 is 1.33. The number of carbonyl (C=O) groups is 1. The van der Waals surface area contributed by atoms with Gasteiger partial charge in [0.15, 0.2) is 5.13 Å². The van der Waals surface area contributed by atoms with Gasteiger partial charge in [-0.1, -0.05) is 24.3 Å². The zero-order chi connectivity index (χ0) is 13.7. The predicted molar refractivity (Wildman–Crippen MR) is 77.2 cm³/mol. The molecule has 6 heteroatoms. The second-order valence-electron chi connectivity index (χ2n) is 4.11. The lowest BCUT2D eigenvalue weighted by Gasteiger charge is -2.14. The first kappa shape index (κ1) is 14.5. The molecule has 1 aromatic heterocycles. The Labute approximate surface area is 112 Å². The highest BCUT2D eigenvalue weighted by Crippen LogP contribution is 2.28. The monoisotopic (exact) mass is 268 g/mol. The van der Waals surface area contributed by atoms with Crippen LogP contribution in [0.3, 0.4) is 0 Å². The smallest absolute Gasteiger partial charge is 0.267 e. The van der Waals surface area contributed by atoms with E-state index >= 15 is 0 Å². The molecule has 0 saturated heterocycles. The number of nitrogens with zero attached hydrogens (tertiary/aromatic N) is 3. The molecule has 1 amide bonds. The minimum absolute atomic E-state index is 0.110. The summed E-state index contributed by atoms with van der Waals surface area (Å²) in [5, 5.41) is 0.782. The number of hydrogen-bond donors (Lipinski definition) is 1. The van der Waals surface area contributed by atoms with Gasteiger partial charge in [-0.25, -0.2) is 4.98 Å². The molecule has 5 nitrogen and oxygen atoms in total. The van der Waals surface area contributed by atoms with Crippen molar-refractivity contribution in [3.63, 3.8) is 0 Å². The van der Waals surface area contributed by atoms with Gasteiger partial charge in [-0.3, -0.25) is 4.79 Å². The Hall–Kier alpha value is -1.56. The van der Waals surface area contributed by atoms with Crippen LogP contribution >= 0.6 is 11.3 Å². The number of rotatable bonds is 6. The first-order chi connectivity index (χ1) is 8.51. The van der Waals surface area contributed by atoms with Crippen molar-refractivity contribution in [1.29, 1.82) is 0 Å². The maximum atomic E-state index is 12.1. The lowest BCUT2D eigenvalue weighted by molar-refractivity contribution is 0.0815. The molecule has 0 radical (unpaired) electrons. The molecular formula is C12H20N4OS. The van der Waals surface area contributed by atoms with Crippen LogP contribution in [-0.2, 0) is 0 Å². The minimum atomic E-state index is -0.110. The fraction of sp³-hybridized carbons (Fsp3) is 0.500. The van der Waals surface area contributed by atoms with E-state index < -0.39 is 0 Å². The van der Waals surface area contributed by atoms with E-state index in [1.54, 1.807) is 18.0 Å². The average Bonchev–Trinajstić information content (AvgIpc) is 2.71. The number of hydrogen-bond acceptors (Lipinski definition) is 5. The highest BCUT2D eigenvalue weighted by Gasteiger charge is 2.20. The number of likely N-dealkylation sites (N-methyl/N-ethyl adjacent to an activating group) is 1. The minimum Gasteiger partial charge on any atom is -0.382 e. The largest absolute Gasteiger partial charge is 0.382 e. The molecule has 0 spiro atoms. The third-order valence-corrected chi connectivity index (χ3v) is 3.64. The maximum absolute atomic E-state index is 12.1. The van der Waals surface area contributed by atoms with Gasteiger partial charge in [0.2, 0.25) is 0 Å². The van der Waals surface area contributed by atoms with Gasteiger partial charge >= 0.3 is 0 Å². The van der Waals surface area contributed by atoms with Gasteiger partial charge in [0.05, 0.1) is 0 Å². The third-order valence-electron chi connectivity index (χ3n) is 2.47. The first-order valence-electron chi connectivity index (χ1n) is 5.85. The van der Waals surface area contributed by atoms with Crippen molar-refractivity contribution in [2.24, 2.45) is 0 Å². The molecule has 100 valence electrons. The average molecular weight is 268 g/mol. The van der Waals surface area contributed by atoms with E-state index in [1.165, 1.54) is 11.3 Å². The Bertz CT molecular complexity index is 430. The molecular weight excluding hydrogens is 248 g/mol. The molecule has 0 aliphatic heterocycles. The second kappa shape index (κ2) is 6.39. The van der Waals surface area contributed by atoms with Crippen LogP contribution in [0.5, 0.6) is 0 Å². The van der Waals surface area contributed by atoms with Gasteiger partial charge in [-0.05, 0) is 6.42 Å². The molecule has 0 saturated carbocycles. The van der Waals surface area contributed by atoms with Gasteiger partial charge in [0.25, 0.3) is 5.91 Å². The van der Waals surface area contributed by atoms with Gasteiger partial charge < -0.3 is 15.5 Å². The molecule has 0 aliphatic rings. The second-order valence-corrected chi connectivity index (χ2v) is 5.08. The first-order valence-corrected chi connectivity index (χ1v) is 6.66. The van der Waals surface area contributed by atoms with E-state index in [-0.39, 0.29) is 5.91 Å². The quantitative estimate of drug-likeness (QED) is 0.800. The van der Waals surface area contributed by atoms with Crippen LogP contribution in [0.4, 0.5) is 10.9 Å². The zero-order valence-electron chi connectivity index (χ0n) is 11.1. The number of anilines is 2. The fourth-order valence-electron chi connectivity index (χ4n) is 1.52. The number of aromatic nitrogens is 1. The Kier molecular flexibility index (Phi) is 5.15. The van der Waals surface area contributed by atoms with Crippen molar-refractivity contribution in [2.75, 3.05) is 37.8 Å². The Morgan fingerprint density at radius 1 is 1.56 bits per heavy atom. The summed E-state index contributed by atoms with van der Waals surface area (Å²) in [7, 11) is 3.67. The van der Waals surface area contributed by atoms with Crippen LogP contribution in [0, 0.1) is 0 Å². The molecule has 1 aromatic rings. The van der Waals surface area contributed by atoms with Crippen LogP contribution in [0.1, 0.15) is 23.0 Å². The van der Waals surface area contributed by atoms with Crippen LogP contribution in [0.15, 0.2) is 12.7 Å². The van der Waals surface area contributed by atoms with E-state index in [2.05, 4.69) is 18.5 Å². The Balaban J connectivity index is 2.90. The van der Waals surface area contributed by atoms with Crippen molar-refractivity contribution >= 4 is 28.2 Å². The molecule has 1 heterocycles. The van der Waals surface area contributed by atoms with Gasteiger partial charge in [0, 0.05) is 27.2 Å². The van der Waals surface area contributed by atoms with Gasteiger partial charge in [0.1, 0.15) is 10.7 Å². The molecule has 0 aliphatic carbocycles. The standard InChI is InChI=1S/C12H20N4OS/c1-5-7-15(3)11(17)9-10(13)14-12(18-9)16(4)8-6-2/h5H,1,6-8,13H2,2-4H3. The number of thiazole rings is 1. The summed E-state index contributed by atoms with van der Waals surface area (Å²) in [5.74, 6) is 0.194. The topological polar surface area (TPSA) is 62.5 Å². The molecule has 1 rings (SSSR count). The number of carbonyl (C=O) groups excluding carboxylic acids is 1. The molecule has 0 atom stereocenters. The van der Waals surface area contributed by atoms with E-state index in [1.807, 2.05) is 11.9 Å². The molecule has 0 bridgehead atoms. The molecule has 0 aromatic carbocycles. The number of amides is 1. The van der Waals surface area contributed by atoms with Crippen LogP contribution in [0.2, 0.25) is 0 Å². The maximum Gasteiger partial charge on any atom is 0.267 e. The molecule has 0 unspecified atom stereocenters.